The minimum absolute atomic E-state index is 0.00851. The number of aliphatic carboxylic acids is 1. The van der Waals surface area contributed by atoms with Gasteiger partial charge in [0, 0.05) is 50.3 Å². The van der Waals surface area contributed by atoms with Crippen LogP contribution in [0.5, 0.6) is 11.5 Å². The molecule has 1 fully saturated rings. The number of aromatic nitrogens is 2. The molecule has 2 aromatic carbocycles. The second-order valence-corrected chi connectivity index (χ2v) is 10.3. The van der Waals surface area contributed by atoms with Gasteiger partial charge in [0.15, 0.2) is 6.61 Å². The highest BCUT2D eigenvalue weighted by atomic mass is 32.2. The lowest BCUT2D eigenvalue weighted by atomic mass is 10.2. The summed E-state index contributed by atoms with van der Waals surface area (Å²) in [5.41, 5.74) is 1.43. The molecule has 1 N–H and O–H groups in total. The molecule has 2 heterocycles. The molecule has 3 aromatic rings. The lowest BCUT2D eigenvalue weighted by Crippen LogP contribution is -2.48. The van der Waals surface area contributed by atoms with Gasteiger partial charge in [0.05, 0.1) is 11.0 Å². The Morgan fingerprint density at radius 1 is 1.09 bits per heavy atom. The topological polar surface area (TPSA) is 114 Å². The zero-order chi connectivity index (χ0) is 25.0. The Morgan fingerprint density at radius 2 is 1.80 bits per heavy atom. The maximum atomic E-state index is 13.1. The van der Waals surface area contributed by atoms with Crippen LogP contribution in [0.25, 0.3) is 5.69 Å². The number of rotatable bonds is 9. The number of nitrogens with zero attached hydrogens (tertiary/aromatic N) is 4. The Labute approximate surface area is 204 Å². The molecule has 0 spiro atoms. The van der Waals surface area contributed by atoms with Crippen molar-refractivity contribution in [1.29, 1.82) is 0 Å². The van der Waals surface area contributed by atoms with Crippen molar-refractivity contribution in [3.8, 4) is 17.2 Å². The van der Waals surface area contributed by atoms with Gasteiger partial charge < -0.3 is 19.5 Å². The Morgan fingerprint density at radius 3 is 2.40 bits per heavy atom. The van der Waals surface area contributed by atoms with Crippen molar-refractivity contribution in [2.24, 2.45) is 0 Å². The van der Waals surface area contributed by atoms with Gasteiger partial charge in [0.2, 0.25) is 10.0 Å². The fraction of sp³-hybridized carbons (Fsp3) is 0.333. The first-order chi connectivity index (χ1) is 16.7. The summed E-state index contributed by atoms with van der Waals surface area (Å²) < 4.78 is 40.4. The Kier molecular flexibility index (Phi) is 7.27. The smallest absolute Gasteiger partial charge is 0.341 e. The van der Waals surface area contributed by atoms with Crippen molar-refractivity contribution >= 4 is 21.7 Å². The molecule has 11 heteroatoms. The molecule has 4 rings (SSSR count). The van der Waals surface area contributed by atoms with E-state index in [0.29, 0.717) is 43.4 Å². The second-order valence-electron chi connectivity index (χ2n) is 8.31. The summed E-state index contributed by atoms with van der Waals surface area (Å²) >= 11 is 0. The summed E-state index contributed by atoms with van der Waals surface area (Å²) in [5.74, 6) is -0.0694. The summed E-state index contributed by atoms with van der Waals surface area (Å²) in [6.45, 7) is 4.94. The van der Waals surface area contributed by atoms with E-state index in [9.17, 15) is 13.2 Å². The number of hydrogen-bond donors (Lipinski definition) is 1. The van der Waals surface area contributed by atoms with Gasteiger partial charge in [-0.05, 0) is 56.3 Å². The standard InChI is InChI=1S/C24H28N4O6S/c1-18(2)34-20-5-7-21(8-6-20)35(31,32)27-14-12-26(13-15-27)19-4-9-22(28-11-3-10-25-28)23(16-19)33-17-24(29)30/h3-11,16,18H,12-15,17H2,1-2H3,(H,29,30). The maximum Gasteiger partial charge on any atom is 0.341 e. The van der Waals surface area contributed by atoms with Gasteiger partial charge in [-0.1, -0.05) is 0 Å². The maximum absolute atomic E-state index is 13.1. The quantitative estimate of drug-likeness (QED) is 0.477. The molecule has 10 nitrogen and oxygen atoms in total. The van der Waals surface area contributed by atoms with E-state index in [1.807, 2.05) is 30.9 Å². The summed E-state index contributed by atoms with van der Waals surface area (Å²) in [7, 11) is -3.63. The first kappa shape index (κ1) is 24.6. The van der Waals surface area contributed by atoms with Gasteiger partial charge in [-0.2, -0.15) is 9.40 Å². The zero-order valence-corrected chi connectivity index (χ0v) is 20.4. The van der Waals surface area contributed by atoms with Gasteiger partial charge in [-0.15, -0.1) is 0 Å². The highest BCUT2D eigenvalue weighted by molar-refractivity contribution is 7.89. The lowest BCUT2D eigenvalue weighted by Gasteiger charge is -2.35. The van der Waals surface area contributed by atoms with Gasteiger partial charge in [0.25, 0.3) is 0 Å². The number of sulfonamides is 1. The van der Waals surface area contributed by atoms with Crippen molar-refractivity contribution in [1.82, 2.24) is 14.1 Å². The van der Waals surface area contributed by atoms with Crippen LogP contribution in [0.4, 0.5) is 5.69 Å². The summed E-state index contributed by atoms with van der Waals surface area (Å²) in [6, 6.07) is 13.7. The van der Waals surface area contributed by atoms with E-state index in [4.69, 9.17) is 14.6 Å². The van der Waals surface area contributed by atoms with Crippen LogP contribution in [0.1, 0.15) is 13.8 Å². The molecule has 1 aromatic heterocycles. The van der Waals surface area contributed by atoms with E-state index in [0.717, 1.165) is 5.69 Å². The van der Waals surface area contributed by atoms with E-state index in [2.05, 4.69) is 5.10 Å². The van der Waals surface area contributed by atoms with Gasteiger partial charge in [-0.3, -0.25) is 0 Å². The third-order valence-corrected chi connectivity index (χ3v) is 7.40. The van der Waals surface area contributed by atoms with Crippen LogP contribution in [0.15, 0.2) is 65.8 Å². The third-order valence-electron chi connectivity index (χ3n) is 5.48. The molecule has 1 saturated heterocycles. The monoisotopic (exact) mass is 500 g/mol. The van der Waals surface area contributed by atoms with Crippen LogP contribution in [-0.2, 0) is 14.8 Å². The molecule has 0 saturated carbocycles. The number of anilines is 1. The van der Waals surface area contributed by atoms with Crippen molar-refractivity contribution in [2.45, 2.75) is 24.8 Å². The summed E-state index contributed by atoms with van der Waals surface area (Å²) in [4.78, 5) is 13.3. The van der Waals surface area contributed by atoms with Crippen molar-refractivity contribution < 1.29 is 27.8 Å². The van der Waals surface area contributed by atoms with E-state index < -0.39 is 22.6 Å². The van der Waals surface area contributed by atoms with E-state index in [1.54, 1.807) is 53.5 Å². The Bertz CT molecular complexity index is 1250. The van der Waals surface area contributed by atoms with Crippen LogP contribution in [0.2, 0.25) is 0 Å². The van der Waals surface area contributed by atoms with Gasteiger partial charge in [-0.25, -0.2) is 17.9 Å². The van der Waals surface area contributed by atoms with Crippen LogP contribution in [0, 0.1) is 0 Å². The fourth-order valence-corrected chi connectivity index (χ4v) is 5.28. The predicted molar refractivity (Wildman–Crippen MR) is 130 cm³/mol. The number of carbonyl (C=O) groups is 1. The van der Waals surface area contributed by atoms with Crippen molar-refractivity contribution in [2.75, 3.05) is 37.7 Å². The molecule has 1 aliphatic heterocycles. The SMILES string of the molecule is CC(C)Oc1ccc(S(=O)(=O)N2CCN(c3ccc(-n4cccn4)c(OCC(=O)O)c3)CC2)cc1. The largest absolute Gasteiger partial charge is 0.491 e. The van der Waals surface area contributed by atoms with Crippen LogP contribution in [0.3, 0.4) is 0 Å². The molecular formula is C24H28N4O6S. The van der Waals surface area contributed by atoms with Crippen molar-refractivity contribution in [3.05, 3.63) is 60.9 Å². The number of ether oxygens (including phenoxy) is 2. The van der Waals surface area contributed by atoms with Crippen LogP contribution in [-0.4, -0.2) is 72.5 Å². The first-order valence-corrected chi connectivity index (χ1v) is 12.7. The van der Waals surface area contributed by atoms with E-state index in [-0.39, 0.29) is 11.0 Å². The zero-order valence-electron chi connectivity index (χ0n) is 19.6. The third kappa shape index (κ3) is 5.75. The molecule has 1 aliphatic rings. The molecule has 0 atom stereocenters. The van der Waals surface area contributed by atoms with E-state index >= 15 is 0 Å². The lowest BCUT2D eigenvalue weighted by molar-refractivity contribution is -0.139. The molecule has 0 aliphatic carbocycles. The highest BCUT2D eigenvalue weighted by Crippen LogP contribution is 2.30. The predicted octanol–water partition coefficient (Wildman–Crippen LogP) is 2.63. The number of piperazine rings is 1. The Hall–Kier alpha value is -3.57. The second kappa shape index (κ2) is 10.4. The molecule has 0 bridgehead atoms. The fourth-order valence-electron chi connectivity index (χ4n) is 3.85. The number of carboxylic acids is 1. The minimum atomic E-state index is -3.63. The molecule has 0 unspecified atom stereocenters. The molecule has 35 heavy (non-hydrogen) atoms. The summed E-state index contributed by atoms with van der Waals surface area (Å²) in [6.07, 6.45) is 3.38. The molecular weight excluding hydrogens is 472 g/mol. The van der Waals surface area contributed by atoms with Crippen molar-refractivity contribution in [3.63, 3.8) is 0 Å². The average molecular weight is 501 g/mol. The van der Waals surface area contributed by atoms with Crippen LogP contribution < -0.4 is 14.4 Å². The van der Waals surface area contributed by atoms with Crippen LogP contribution >= 0.6 is 0 Å². The first-order valence-electron chi connectivity index (χ1n) is 11.2. The van der Waals surface area contributed by atoms with E-state index in [1.165, 1.54) is 4.31 Å². The molecule has 0 amide bonds. The average Bonchev–Trinajstić information content (AvgIpc) is 3.37. The number of benzene rings is 2. The van der Waals surface area contributed by atoms with Gasteiger partial charge >= 0.3 is 5.97 Å². The minimum Gasteiger partial charge on any atom is -0.491 e. The summed E-state index contributed by atoms with van der Waals surface area (Å²) in [5, 5.41) is 13.2. The Balaban J connectivity index is 1.47. The number of hydrogen-bond acceptors (Lipinski definition) is 7. The number of carboxylic acid groups (broad SMARTS) is 1. The molecule has 186 valence electrons. The molecule has 0 radical (unpaired) electrons. The highest BCUT2D eigenvalue weighted by Gasteiger charge is 2.29. The normalized spacial score (nSPS) is 14.8. The van der Waals surface area contributed by atoms with Gasteiger partial charge in [0.1, 0.15) is 17.2 Å².